The van der Waals surface area contributed by atoms with Crippen LogP contribution in [0.2, 0.25) is 0 Å². The second kappa shape index (κ2) is 8.18. The van der Waals surface area contributed by atoms with Crippen LogP contribution >= 0.6 is 0 Å². The zero-order valence-corrected chi connectivity index (χ0v) is 19.6. The van der Waals surface area contributed by atoms with Crippen molar-refractivity contribution < 1.29 is 0 Å². The van der Waals surface area contributed by atoms with Crippen molar-refractivity contribution in [3.63, 3.8) is 0 Å². The number of aromatic nitrogens is 4. The van der Waals surface area contributed by atoms with Gasteiger partial charge in [0.05, 0.1) is 18.3 Å². The van der Waals surface area contributed by atoms with Crippen LogP contribution in [0, 0.1) is 0 Å². The summed E-state index contributed by atoms with van der Waals surface area (Å²) in [6.07, 6.45) is 0. The number of fused-ring (bicyclic) bond motifs is 3. The number of hydrazone groups is 1. The minimum absolute atomic E-state index is 0.110. The van der Waals surface area contributed by atoms with Crippen molar-refractivity contribution in [1.29, 1.82) is 0 Å². The third-order valence-corrected chi connectivity index (χ3v) is 6.90. The third kappa shape index (κ3) is 3.54. The molecule has 2 aromatic heterocycles. The Hall–Kier alpha value is -3.40. The highest BCUT2D eigenvalue weighted by Gasteiger charge is 2.30. The quantitative estimate of drug-likeness (QED) is 0.590. The first-order valence-electron chi connectivity index (χ1n) is 11.4. The van der Waals surface area contributed by atoms with E-state index in [4.69, 9.17) is 10.1 Å². The Morgan fingerprint density at radius 3 is 2.36 bits per heavy atom. The van der Waals surface area contributed by atoms with Crippen molar-refractivity contribution in [2.75, 3.05) is 49.2 Å². The van der Waals surface area contributed by atoms with E-state index in [0.717, 1.165) is 43.0 Å². The molecule has 10 nitrogen and oxygen atoms in total. The molecule has 0 amide bonds. The SMILES string of the molecule is CC1=NN(CCN2CCN(c3ccccc3)CC2)c2nc3c(c(=O)n(C)c(=O)n3C)n2[C@@H]1C. The number of aryl methyl sites for hydroxylation is 1. The minimum Gasteiger partial charge on any atom is -0.369 e. The number of anilines is 2. The second-order valence-electron chi connectivity index (χ2n) is 8.86. The molecule has 3 aromatic rings. The van der Waals surface area contributed by atoms with Gasteiger partial charge in [0.1, 0.15) is 0 Å². The molecule has 1 atom stereocenters. The van der Waals surface area contributed by atoms with Gasteiger partial charge in [0.25, 0.3) is 5.56 Å². The number of benzene rings is 1. The fourth-order valence-corrected chi connectivity index (χ4v) is 4.71. The first kappa shape index (κ1) is 21.4. The Labute approximate surface area is 192 Å². The standard InChI is InChI=1S/C23H30N8O2/c1-16-17(2)31-19-20(26(3)23(33)27(4)21(19)32)24-22(31)30(25-16)15-12-28-10-13-29(14-11-28)18-8-6-5-7-9-18/h5-9,17H,10-15H2,1-4H3/t17-/m1/s1. The molecule has 2 aliphatic heterocycles. The van der Waals surface area contributed by atoms with Gasteiger partial charge >= 0.3 is 5.69 Å². The maximum atomic E-state index is 13.0. The Kier molecular flexibility index (Phi) is 5.32. The van der Waals surface area contributed by atoms with Crippen molar-refractivity contribution in [2.45, 2.75) is 19.9 Å². The predicted octanol–water partition coefficient (Wildman–Crippen LogP) is 1.01. The van der Waals surface area contributed by atoms with Gasteiger partial charge in [0, 0.05) is 52.5 Å². The molecule has 1 aromatic carbocycles. The van der Waals surface area contributed by atoms with E-state index >= 15 is 0 Å². The number of rotatable bonds is 4. The van der Waals surface area contributed by atoms with Gasteiger partial charge in [-0.1, -0.05) is 18.2 Å². The molecule has 5 rings (SSSR count). The van der Waals surface area contributed by atoms with Gasteiger partial charge in [-0.2, -0.15) is 10.1 Å². The summed E-state index contributed by atoms with van der Waals surface area (Å²) in [5.74, 6) is 0.615. The molecule has 0 bridgehead atoms. The van der Waals surface area contributed by atoms with Gasteiger partial charge in [0.2, 0.25) is 5.95 Å². The van der Waals surface area contributed by atoms with Gasteiger partial charge in [0.15, 0.2) is 11.2 Å². The van der Waals surface area contributed by atoms with Crippen LogP contribution in [0.1, 0.15) is 19.9 Å². The van der Waals surface area contributed by atoms with E-state index < -0.39 is 0 Å². The molecule has 2 aliphatic rings. The van der Waals surface area contributed by atoms with E-state index in [-0.39, 0.29) is 17.3 Å². The summed E-state index contributed by atoms with van der Waals surface area (Å²) in [6, 6.07) is 10.4. The summed E-state index contributed by atoms with van der Waals surface area (Å²) in [7, 11) is 3.16. The minimum atomic E-state index is -0.379. The fourth-order valence-electron chi connectivity index (χ4n) is 4.71. The van der Waals surface area contributed by atoms with Gasteiger partial charge < -0.3 is 4.90 Å². The molecule has 0 unspecified atom stereocenters. The molecule has 0 aliphatic carbocycles. The lowest BCUT2D eigenvalue weighted by Gasteiger charge is -2.37. The average Bonchev–Trinajstić information content (AvgIpc) is 3.25. The monoisotopic (exact) mass is 450 g/mol. The highest BCUT2D eigenvalue weighted by atomic mass is 16.2. The molecule has 0 saturated carbocycles. The van der Waals surface area contributed by atoms with Crippen LogP contribution in [-0.4, -0.2) is 68.6 Å². The Morgan fingerprint density at radius 2 is 1.67 bits per heavy atom. The van der Waals surface area contributed by atoms with Crippen molar-refractivity contribution >= 4 is 28.5 Å². The maximum Gasteiger partial charge on any atom is 0.332 e. The zero-order chi connectivity index (χ0) is 23.3. The van der Waals surface area contributed by atoms with Crippen LogP contribution < -0.4 is 21.2 Å². The van der Waals surface area contributed by atoms with Gasteiger partial charge in [-0.05, 0) is 26.0 Å². The summed E-state index contributed by atoms with van der Waals surface area (Å²) >= 11 is 0. The van der Waals surface area contributed by atoms with Crippen molar-refractivity contribution in [3.8, 4) is 0 Å². The van der Waals surface area contributed by atoms with Crippen molar-refractivity contribution in [1.82, 2.24) is 23.6 Å². The molecule has 4 heterocycles. The Balaban J connectivity index is 1.37. The third-order valence-electron chi connectivity index (χ3n) is 6.90. The fraction of sp³-hybridized carbons (Fsp3) is 0.478. The van der Waals surface area contributed by atoms with Crippen LogP contribution in [0.4, 0.5) is 11.6 Å². The van der Waals surface area contributed by atoms with Crippen LogP contribution in [0.3, 0.4) is 0 Å². The van der Waals surface area contributed by atoms with E-state index in [9.17, 15) is 9.59 Å². The number of para-hydroxylation sites is 1. The normalized spacial score (nSPS) is 19.2. The van der Waals surface area contributed by atoms with Crippen LogP contribution in [0.25, 0.3) is 11.2 Å². The van der Waals surface area contributed by atoms with Gasteiger partial charge in [-0.25, -0.2) is 9.80 Å². The number of hydrogen-bond donors (Lipinski definition) is 0. The molecule has 0 radical (unpaired) electrons. The molecule has 0 spiro atoms. The smallest absolute Gasteiger partial charge is 0.332 e. The largest absolute Gasteiger partial charge is 0.369 e. The van der Waals surface area contributed by atoms with E-state index in [0.29, 0.717) is 23.7 Å². The molecule has 174 valence electrons. The van der Waals surface area contributed by atoms with E-state index in [1.54, 1.807) is 7.05 Å². The number of piperazine rings is 1. The topological polar surface area (TPSA) is 83.9 Å². The molecular formula is C23H30N8O2. The molecular weight excluding hydrogens is 420 g/mol. The van der Waals surface area contributed by atoms with Crippen LogP contribution in [0.5, 0.6) is 0 Å². The number of imidazole rings is 1. The molecule has 10 heteroatoms. The second-order valence-corrected chi connectivity index (χ2v) is 8.86. The number of nitrogens with zero attached hydrogens (tertiary/aromatic N) is 8. The van der Waals surface area contributed by atoms with Gasteiger partial charge in [-0.3, -0.25) is 23.4 Å². The van der Waals surface area contributed by atoms with Crippen LogP contribution in [-0.2, 0) is 14.1 Å². The lowest BCUT2D eigenvalue weighted by molar-refractivity contribution is 0.262. The summed E-state index contributed by atoms with van der Waals surface area (Å²) in [5.41, 5.74) is 2.31. The molecule has 0 N–H and O–H groups in total. The first-order chi connectivity index (χ1) is 15.9. The van der Waals surface area contributed by atoms with E-state index in [1.165, 1.54) is 17.3 Å². The maximum absolute atomic E-state index is 13.0. The number of hydrogen-bond acceptors (Lipinski definition) is 7. The van der Waals surface area contributed by atoms with Gasteiger partial charge in [-0.15, -0.1) is 0 Å². The lowest BCUT2D eigenvalue weighted by atomic mass is 10.2. The van der Waals surface area contributed by atoms with E-state index in [2.05, 4.69) is 34.1 Å². The average molecular weight is 451 g/mol. The van der Waals surface area contributed by atoms with Crippen LogP contribution in [0.15, 0.2) is 45.0 Å². The van der Waals surface area contributed by atoms with Crippen molar-refractivity contribution in [3.05, 3.63) is 51.2 Å². The highest BCUT2D eigenvalue weighted by Crippen LogP contribution is 2.29. The summed E-state index contributed by atoms with van der Waals surface area (Å²) < 4.78 is 4.50. The highest BCUT2D eigenvalue weighted by molar-refractivity contribution is 5.91. The summed E-state index contributed by atoms with van der Waals surface area (Å²) in [5, 5.41) is 6.66. The Bertz CT molecular complexity index is 1330. The zero-order valence-electron chi connectivity index (χ0n) is 19.6. The summed E-state index contributed by atoms with van der Waals surface area (Å²) in [4.78, 5) is 34.9. The predicted molar refractivity (Wildman–Crippen MR) is 130 cm³/mol. The summed E-state index contributed by atoms with van der Waals surface area (Å²) in [6.45, 7) is 9.41. The molecule has 1 saturated heterocycles. The lowest BCUT2D eigenvalue weighted by Crippen LogP contribution is -2.48. The molecule has 33 heavy (non-hydrogen) atoms. The van der Waals surface area contributed by atoms with E-state index in [1.807, 2.05) is 29.5 Å². The molecule has 1 fully saturated rings. The first-order valence-corrected chi connectivity index (χ1v) is 11.4. The Morgan fingerprint density at radius 1 is 0.970 bits per heavy atom. The van der Waals surface area contributed by atoms with Crippen molar-refractivity contribution in [2.24, 2.45) is 19.2 Å².